The van der Waals surface area contributed by atoms with E-state index in [4.69, 9.17) is 9.47 Å². The lowest BCUT2D eigenvalue weighted by Gasteiger charge is -2.17. The fourth-order valence-electron chi connectivity index (χ4n) is 3.49. The fourth-order valence-corrected chi connectivity index (χ4v) is 3.49. The summed E-state index contributed by atoms with van der Waals surface area (Å²) in [6.07, 6.45) is -1.37. The molecule has 0 aliphatic rings. The molecule has 0 aliphatic heterocycles. The van der Waals surface area contributed by atoms with Gasteiger partial charge in [-0.05, 0) is 60.9 Å². The lowest BCUT2D eigenvalue weighted by Crippen LogP contribution is -2.07. The Bertz CT molecular complexity index is 1390. The van der Waals surface area contributed by atoms with Gasteiger partial charge in [0.1, 0.15) is 12.3 Å². The molecule has 0 atom stereocenters. The molecule has 1 N–H and O–H groups in total. The van der Waals surface area contributed by atoms with Gasteiger partial charge in [-0.2, -0.15) is 18.3 Å². The summed E-state index contributed by atoms with van der Waals surface area (Å²) in [6.45, 7) is 5.94. The molecule has 0 aliphatic carbocycles. The van der Waals surface area contributed by atoms with Gasteiger partial charge in [0.25, 0.3) is 11.4 Å². The first-order valence-electron chi connectivity index (χ1n) is 11.4. The molecule has 0 saturated heterocycles. The van der Waals surface area contributed by atoms with Crippen molar-refractivity contribution in [1.82, 2.24) is 0 Å². The molecule has 0 bridgehead atoms. The third-order valence-electron chi connectivity index (χ3n) is 5.27. The second kappa shape index (κ2) is 12.5. The second-order valence-electron chi connectivity index (χ2n) is 8.00. The minimum Gasteiger partial charge on any atom is -0.490 e. The van der Waals surface area contributed by atoms with E-state index >= 15 is 0 Å². The maximum Gasteiger partial charge on any atom is 0.416 e. The van der Waals surface area contributed by atoms with Crippen LogP contribution in [0, 0.1) is 20.2 Å². The Balaban J connectivity index is 1.86. The normalized spacial score (nSPS) is 11.3. The predicted molar refractivity (Wildman–Crippen MR) is 138 cm³/mol. The van der Waals surface area contributed by atoms with E-state index in [1.54, 1.807) is 37.3 Å². The zero-order chi connectivity index (χ0) is 28.6. The lowest BCUT2D eigenvalue weighted by atomic mass is 10.1. The molecule has 39 heavy (non-hydrogen) atoms. The molecule has 3 aromatic rings. The van der Waals surface area contributed by atoms with Crippen molar-refractivity contribution in [3.8, 4) is 11.5 Å². The quantitative estimate of drug-likeness (QED) is 0.117. The van der Waals surface area contributed by atoms with Crippen molar-refractivity contribution in [2.45, 2.75) is 26.1 Å². The third-order valence-corrected chi connectivity index (χ3v) is 5.27. The molecule has 0 aromatic heterocycles. The van der Waals surface area contributed by atoms with Crippen LogP contribution in [-0.2, 0) is 19.2 Å². The van der Waals surface area contributed by atoms with Crippen LogP contribution >= 0.6 is 0 Å². The Kier molecular flexibility index (Phi) is 9.20. The van der Waals surface area contributed by atoms with Gasteiger partial charge in [-0.15, -0.1) is 6.58 Å². The predicted octanol–water partition coefficient (Wildman–Crippen LogP) is 6.67. The van der Waals surface area contributed by atoms with E-state index in [1.165, 1.54) is 18.3 Å². The first-order valence-corrected chi connectivity index (χ1v) is 11.4. The topological polar surface area (TPSA) is 129 Å². The number of nitrogens with one attached hydrogen (secondary N) is 1. The molecule has 0 amide bonds. The second-order valence-corrected chi connectivity index (χ2v) is 8.00. The van der Waals surface area contributed by atoms with E-state index in [2.05, 4.69) is 17.1 Å². The minimum absolute atomic E-state index is 0.0417. The maximum atomic E-state index is 12.9. The van der Waals surface area contributed by atoms with Gasteiger partial charge in [0.15, 0.2) is 11.5 Å². The third kappa shape index (κ3) is 7.53. The number of nitro groups is 2. The largest absolute Gasteiger partial charge is 0.490 e. The van der Waals surface area contributed by atoms with E-state index in [9.17, 15) is 33.4 Å². The average molecular weight is 544 g/mol. The van der Waals surface area contributed by atoms with Crippen molar-refractivity contribution in [2.75, 3.05) is 12.0 Å². The van der Waals surface area contributed by atoms with Crippen molar-refractivity contribution < 1.29 is 32.5 Å². The average Bonchev–Trinajstić information content (AvgIpc) is 2.88. The van der Waals surface area contributed by atoms with Gasteiger partial charge in [0.05, 0.1) is 28.2 Å². The zero-order valence-corrected chi connectivity index (χ0v) is 20.6. The van der Waals surface area contributed by atoms with Crippen molar-refractivity contribution in [1.29, 1.82) is 0 Å². The van der Waals surface area contributed by atoms with Crippen LogP contribution in [0.1, 0.15) is 29.2 Å². The number of allylic oxidation sites excluding steroid dienone is 1. The van der Waals surface area contributed by atoms with Crippen LogP contribution in [0.5, 0.6) is 11.5 Å². The van der Waals surface area contributed by atoms with Gasteiger partial charge in [-0.25, -0.2) is 0 Å². The highest BCUT2D eigenvalue weighted by Gasteiger charge is 2.33. The van der Waals surface area contributed by atoms with E-state index in [-0.39, 0.29) is 18.0 Å². The molecule has 0 saturated carbocycles. The Morgan fingerprint density at radius 1 is 1.03 bits per heavy atom. The first kappa shape index (κ1) is 28.6. The van der Waals surface area contributed by atoms with E-state index in [0.717, 1.165) is 12.1 Å². The number of halogens is 3. The number of hydrogen-bond acceptors (Lipinski definition) is 8. The number of nitro benzene ring substituents is 2. The van der Waals surface area contributed by atoms with Crippen LogP contribution in [0.3, 0.4) is 0 Å². The van der Waals surface area contributed by atoms with Crippen molar-refractivity contribution in [3.63, 3.8) is 0 Å². The molecular formula is C26H23F3N4O6. The van der Waals surface area contributed by atoms with Gasteiger partial charge in [-0.3, -0.25) is 25.7 Å². The number of hydrogen-bond donors (Lipinski definition) is 1. The molecule has 3 aromatic carbocycles. The zero-order valence-electron chi connectivity index (χ0n) is 20.6. The standard InChI is InChI=1S/C26H23F3N4O6/c1-3-5-19-12-18(15-30-31-22-11-8-20(26(27,28)29)14-23(22)33(36)37)13-24(38-4-2)25(19)39-16-17-6-9-21(10-7-17)32(34)35/h3,6-15,31H,1,4-5,16H2,2H3/b30-15-. The molecule has 204 valence electrons. The molecule has 0 fully saturated rings. The molecule has 10 nitrogen and oxygen atoms in total. The highest BCUT2D eigenvalue weighted by atomic mass is 19.4. The number of non-ortho nitro benzene ring substituents is 1. The molecule has 3 rings (SSSR count). The molecule has 13 heteroatoms. The summed E-state index contributed by atoms with van der Waals surface area (Å²) >= 11 is 0. The van der Waals surface area contributed by atoms with Gasteiger partial charge in [0, 0.05) is 23.8 Å². The SMILES string of the molecule is C=CCc1cc(/C=N\Nc2ccc(C(F)(F)F)cc2[N+](=O)[O-])cc(OCC)c1OCc1ccc([N+](=O)[O-])cc1. The molecule has 0 spiro atoms. The first-order chi connectivity index (χ1) is 18.5. The Morgan fingerprint density at radius 2 is 1.74 bits per heavy atom. The Hall–Kier alpha value is -4.94. The lowest BCUT2D eigenvalue weighted by molar-refractivity contribution is -0.384. The molecule has 0 unspecified atom stereocenters. The fraction of sp³-hybridized carbons (Fsp3) is 0.192. The number of nitrogens with zero attached hydrogens (tertiary/aromatic N) is 3. The van der Waals surface area contributed by atoms with Crippen molar-refractivity contribution in [2.24, 2.45) is 5.10 Å². The Labute approximate surface area is 220 Å². The van der Waals surface area contributed by atoms with Gasteiger partial charge >= 0.3 is 6.18 Å². The highest BCUT2D eigenvalue weighted by molar-refractivity contribution is 5.82. The number of anilines is 1. The highest BCUT2D eigenvalue weighted by Crippen LogP contribution is 2.36. The Morgan fingerprint density at radius 3 is 2.33 bits per heavy atom. The smallest absolute Gasteiger partial charge is 0.416 e. The summed E-state index contributed by atoms with van der Waals surface area (Å²) in [7, 11) is 0. The number of alkyl halides is 3. The van der Waals surface area contributed by atoms with E-state index in [0.29, 0.717) is 47.3 Å². The van der Waals surface area contributed by atoms with E-state index < -0.39 is 27.3 Å². The molecule has 0 heterocycles. The van der Waals surface area contributed by atoms with Crippen molar-refractivity contribution >= 4 is 23.3 Å². The van der Waals surface area contributed by atoms with Crippen LogP contribution < -0.4 is 14.9 Å². The molecule has 0 radical (unpaired) electrons. The summed E-state index contributed by atoms with van der Waals surface area (Å²) in [5.41, 5.74) is 2.12. The number of rotatable bonds is 12. The van der Waals surface area contributed by atoms with Crippen LogP contribution in [0.2, 0.25) is 0 Å². The summed E-state index contributed by atoms with van der Waals surface area (Å²) in [5.74, 6) is 0.805. The number of hydrazone groups is 1. The monoisotopic (exact) mass is 544 g/mol. The summed E-state index contributed by atoms with van der Waals surface area (Å²) in [4.78, 5) is 20.7. The van der Waals surface area contributed by atoms with Gasteiger partial charge < -0.3 is 9.47 Å². The minimum atomic E-state index is -4.73. The van der Waals surface area contributed by atoms with Gasteiger partial charge in [-0.1, -0.05) is 6.08 Å². The van der Waals surface area contributed by atoms with Crippen LogP contribution in [-0.4, -0.2) is 22.7 Å². The van der Waals surface area contributed by atoms with E-state index in [1.807, 2.05) is 0 Å². The summed E-state index contributed by atoms with van der Waals surface area (Å²) in [6, 6.07) is 11.3. The van der Waals surface area contributed by atoms with Crippen molar-refractivity contribution in [3.05, 3.63) is 110 Å². The number of benzene rings is 3. The molecular weight excluding hydrogens is 521 g/mol. The summed E-state index contributed by atoms with van der Waals surface area (Å²) < 4.78 is 50.6. The number of ether oxygens (including phenoxy) is 2. The van der Waals surface area contributed by atoms with Gasteiger partial charge in [0.2, 0.25) is 0 Å². The summed E-state index contributed by atoms with van der Waals surface area (Å²) in [5, 5.41) is 26.1. The van der Waals surface area contributed by atoms with Crippen LogP contribution in [0.15, 0.2) is 72.4 Å². The van der Waals surface area contributed by atoms with Crippen LogP contribution in [0.4, 0.5) is 30.2 Å². The van der Waals surface area contributed by atoms with Crippen LogP contribution in [0.25, 0.3) is 0 Å². The maximum absolute atomic E-state index is 12.9.